The van der Waals surface area contributed by atoms with Gasteiger partial charge in [0.05, 0.1) is 6.20 Å². The molecule has 0 radical (unpaired) electrons. The van der Waals surface area contributed by atoms with Gasteiger partial charge in [-0.2, -0.15) is 10.1 Å². The highest BCUT2D eigenvalue weighted by Crippen LogP contribution is 2.33. The monoisotopic (exact) mass is 389 g/mol. The molecule has 0 aliphatic heterocycles. The Balaban J connectivity index is 1.86. The minimum Gasteiger partial charge on any atom is -0.339 e. The van der Waals surface area contributed by atoms with E-state index in [1.807, 2.05) is 12.1 Å². The third-order valence-electron chi connectivity index (χ3n) is 4.73. The molecule has 0 saturated heterocycles. The van der Waals surface area contributed by atoms with Crippen LogP contribution in [0.2, 0.25) is 0 Å². The van der Waals surface area contributed by atoms with Crippen molar-refractivity contribution in [3.8, 4) is 0 Å². The first-order valence-corrected chi connectivity index (χ1v) is 9.82. The van der Waals surface area contributed by atoms with E-state index in [1.54, 1.807) is 25.3 Å². The zero-order chi connectivity index (χ0) is 21.0. The molecule has 6 heteroatoms. The Hall–Kier alpha value is -3.28. The van der Waals surface area contributed by atoms with Crippen LogP contribution in [0.3, 0.4) is 0 Å². The van der Waals surface area contributed by atoms with Gasteiger partial charge >= 0.3 is 0 Å². The summed E-state index contributed by atoms with van der Waals surface area (Å²) in [6, 6.07) is 13.6. The fourth-order valence-corrected chi connectivity index (χ4v) is 3.16. The van der Waals surface area contributed by atoms with Crippen LogP contribution in [-0.4, -0.2) is 21.0 Å². The molecule has 0 aliphatic carbocycles. The molecule has 150 valence electrons. The van der Waals surface area contributed by atoms with E-state index in [0.29, 0.717) is 29.2 Å². The number of nitrogens with zero attached hydrogens (tertiary/aromatic N) is 3. The quantitative estimate of drug-likeness (QED) is 0.497. The highest BCUT2D eigenvalue weighted by molar-refractivity contribution is 5.94. The Bertz CT molecular complexity index is 970. The minimum atomic E-state index is 0.0384. The Morgan fingerprint density at radius 3 is 2.07 bits per heavy atom. The predicted octanol–water partition coefficient (Wildman–Crippen LogP) is 5.81. The largest absolute Gasteiger partial charge is 0.339 e. The maximum absolute atomic E-state index is 11.4. The van der Waals surface area contributed by atoms with Gasteiger partial charge in [0.15, 0.2) is 11.6 Å². The number of para-hydroxylation sites is 1. The lowest BCUT2D eigenvalue weighted by Gasteiger charge is -2.20. The lowest BCUT2D eigenvalue weighted by atomic mass is 9.93. The van der Waals surface area contributed by atoms with Crippen LogP contribution >= 0.6 is 0 Å². The summed E-state index contributed by atoms with van der Waals surface area (Å²) in [6.07, 6.45) is 1.57. The summed E-state index contributed by atoms with van der Waals surface area (Å²) < 4.78 is 0. The Morgan fingerprint density at radius 1 is 0.897 bits per heavy atom. The van der Waals surface area contributed by atoms with Crippen molar-refractivity contribution in [2.75, 3.05) is 10.6 Å². The molecule has 0 unspecified atom stereocenters. The van der Waals surface area contributed by atoms with Gasteiger partial charge in [-0.05, 0) is 54.2 Å². The zero-order valence-corrected chi connectivity index (χ0v) is 17.5. The number of nitrogens with one attached hydrogen (secondary N) is 2. The molecule has 3 aromatic rings. The molecule has 0 amide bonds. The van der Waals surface area contributed by atoms with E-state index in [-0.39, 0.29) is 5.78 Å². The average molecular weight is 390 g/mol. The van der Waals surface area contributed by atoms with E-state index in [2.05, 4.69) is 71.7 Å². The minimum absolute atomic E-state index is 0.0384. The maximum atomic E-state index is 11.4. The molecule has 0 saturated carbocycles. The van der Waals surface area contributed by atoms with Gasteiger partial charge in [0.2, 0.25) is 5.95 Å². The topological polar surface area (TPSA) is 79.8 Å². The molecule has 0 bridgehead atoms. The highest BCUT2D eigenvalue weighted by Gasteiger charge is 2.15. The van der Waals surface area contributed by atoms with Crippen molar-refractivity contribution in [3.63, 3.8) is 0 Å². The third-order valence-corrected chi connectivity index (χ3v) is 4.73. The summed E-state index contributed by atoms with van der Waals surface area (Å²) >= 11 is 0. The second-order valence-electron chi connectivity index (χ2n) is 7.67. The van der Waals surface area contributed by atoms with Crippen LogP contribution in [-0.2, 0) is 0 Å². The number of hydrogen-bond acceptors (Lipinski definition) is 6. The predicted molar refractivity (Wildman–Crippen MR) is 117 cm³/mol. The van der Waals surface area contributed by atoms with Crippen LogP contribution in [0.5, 0.6) is 0 Å². The molecule has 0 fully saturated rings. The van der Waals surface area contributed by atoms with Gasteiger partial charge in [-0.15, -0.1) is 5.10 Å². The third kappa shape index (κ3) is 4.96. The highest BCUT2D eigenvalue weighted by atomic mass is 16.1. The normalized spacial score (nSPS) is 11.0. The summed E-state index contributed by atoms with van der Waals surface area (Å²) in [7, 11) is 0. The number of benzene rings is 2. The van der Waals surface area contributed by atoms with Gasteiger partial charge in [-0.3, -0.25) is 4.79 Å². The number of hydrogen-bond donors (Lipinski definition) is 2. The first-order valence-electron chi connectivity index (χ1n) is 9.82. The molecule has 0 aliphatic rings. The van der Waals surface area contributed by atoms with Crippen molar-refractivity contribution >= 4 is 28.9 Å². The lowest BCUT2D eigenvalue weighted by Crippen LogP contribution is -2.07. The van der Waals surface area contributed by atoms with Crippen molar-refractivity contribution < 1.29 is 4.79 Å². The molecule has 1 aromatic heterocycles. The number of anilines is 4. The van der Waals surface area contributed by atoms with Gasteiger partial charge in [0.25, 0.3) is 0 Å². The molecule has 6 nitrogen and oxygen atoms in total. The van der Waals surface area contributed by atoms with Crippen LogP contribution < -0.4 is 10.6 Å². The van der Waals surface area contributed by atoms with Gasteiger partial charge in [0, 0.05) is 16.9 Å². The van der Waals surface area contributed by atoms with Crippen molar-refractivity contribution in [3.05, 3.63) is 65.4 Å². The molecule has 29 heavy (non-hydrogen) atoms. The molecule has 1 heterocycles. The number of Topliss-reactive ketones (excluding diaryl/α,β-unsaturated/α-hetero) is 1. The van der Waals surface area contributed by atoms with E-state index in [1.165, 1.54) is 11.1 Å². The van der Waals surface area contributed by atoms with Crippen LogP contribution in [0.15, 0.2) is 48.7 Å². The Labute approximate surface area is 171 Å². The fraction of sp³-hybridized carbons (Fsp3) is 0.304. The average Bonchev–Trinajstić information content (AvgIpc) is 2.68. The number of aromatic nitrogens is 3. The van der Waals surface area contributed by atoms with Crippen LogP contribution in [0.25, 0.3) is 0 Å². The van der Waals surface area contributed by atoms with Crippen molar-refractivity contribution in [2.45, 2.75) is 46.5 Å². The van der Waals surface area contributed by atoms with Gasteiger partial charge in [0.1, 0.15) is 0 Å². The summed E-state index contributed by atoms with van der Waals surface area (Å²) in [5.41, 5.74) is 4.98. The van der Waals surface area contributed by atoms with E-state index in [0.717, 1.165) is 11.4 Å². The molecule has 0 spiro atoms. The number of carbonyl (C=O) groups excluding carboxylic acids is 1. The maximum Gasteiger partial charge on any atom is 0.249 e. The van der Waals surface area contributed by atoms with Gasteiger partial charge in [-0.25, -0.2) is 0 Å². The Morgan fingerprint density at radius 2 is 1.52 bits per heavy atom. The molecule has 2 aromatic carbocycles. The molecular formula is C23H27N5O. The second kappa shape index (κ2) is 8.82. The van der Waals surface area contributed by atoms with Crippen molar-refractivity contribution in [1.29, 1.82) is 0 Å². The molecular weight excluding hydrogens is 362 g/mol. The van der Waals surface area contributed by atoms with E-state index in [9.17, 15) is 4.79 Å². The van der Waals surface area contributed by atoms with Crippen LogP contribution in [0.1, 0.15) is 67.9 Å². The molecule has 3 rings (SSSR count). The number of rotatable bonds is 7. The second-order valence-corrected chi connectivity index (χ2v) is 7.67. The van der Waals surface area contributed by atoms with E-state index >= 15 is 0 Å². The molecule has 0 atom stereocenters. The molecule has 2 N–H and O–H groups in total. The van der Waals surface area contributed by atoms with Crippen molar-refractivity contribution in [1.82, 2.24) is 15.2 Å². The van der Waals surface area contributed by atoms with Crippen LogP contribution in [0.4, 0.5) is 23.1 Å². The summed E-state index contributed by atoms with van der Waals surface area (Å²) in [6.45, 7) is 10.2. The smallest absolute Gasteiger partial charge is 0.249 e. The van der Waals surface area contributed by atoms with Gasteiger partial charge < -0.3 is 10.6 Å². The zero-order valence-electron chi connectivity index (χ0n) is 17.5. The summed E-state index contributed by atoms with van der Waals surface area (Å²) in [5.74, 6) is 1.78. The van der Waals surface area contributed by atoms with Crippen molar-refractivity contribution in [2.24, 2.45) is 0 Å². The van der Waals surface area contributed by atoms with E-state index in [4.69, 9.17) is 0 Å². The van der Waals surface area contributed by atoms with Crippen LogP contribution in [0, 0.1) is 0 Å². The Kier molecular flexibility index (Phi) is 6.22. The standard InChI is InChI=1S/C23H27N5O/c1-14(2)19-7-6-8-20(15(3)4)22(19)27-23-26-21(13-24-28-23)25-18-11-9-17(10-12-18)16(5)29/h6-15H,1-5H3,(H2,25,26,27,28). The number of carbonyl (C=O) groups is 1. The SMILES string of the molecule is CC(=O)c1ccc(Nc2cnnc(Nc3c(C(C)C)cccc3C(C)C)n2)cc1. The first-order chi connectivity index (χ1) is 13.8. The summed E-state index contributed by atoms with van der Waals surface area (Å²) in [5, 5.41) is 14.8. The lowest BCUT2D eigenvalue weighted by molar-refractivity contribution is 0.101. The van der Waals surface area contributed by atoms with E-state index < -0.39 is 0 Å². The van der Waals surface area contributed by atoms with Gasteiger partial charge in [-0.1, -0.05) is 45.9 Å². The summed E-state index contributed by atoms with van der Waals surface area (Å²) in [4.78, 5) is 16.0. The number of ketones is 1. The fourth-order valence-electron chi connectivity index (χ4n) is 3.16. The first kappa shape index (κ1) is 20.5.